The van der Waals surface area contributed by atoms with Gasteiger partial charge in [0.1, 0.15) is 17.3 Å². The number of nitriles is 1. The first kappa shape index (κ1) is 14.3. The second-order valence-electron chi connectivity index (χ2n) is 4.90. The van der Waals surface area contributed by atoms with Crippen molar-refractivity contribution in [2.75, 3.05) is 31.5 Å². The summed E-state index contributed by atoms with van der Waals surface area (Å²) >= 11 is 0. The number of nitrogens with zero attached hydrogens (tertiary/aromatic N) is 3. The minimum atomic E-state index is -0.499. The Morgan fingerprint density at radius 1 is 1.40 bits per heavy atom. The van der Waals surface area contributed by atoms with Crippen molar-refractivity contribution in [1.29, 1.82) is 5.26 Å². The monoisotopic (exact) mass is 274 g/mol. The zero-order valence-electron chi connectivity index (χ0n) is 11.3. The van der Waals surface area contributed by atoms with Crippen LogP contribution in [-0.4, -0.2) is 36.0 Å². The van der Waals surface area contributed by atoms with Crippen molar-refractivity contribution < 1.29 is 4.92 Å². The number of nitro benzene ring substituents is 1. The van der Waals surface area contributed by atoms with Crippen LogP contribution in [0.1, 0.15) is 24.8 Å². The minimum absolute atomic E-state index is 0.0968. The Bertz CT molecular complexity index is 518. The van der Waals surface area contributed by atoms with E-state index < -0.39 is 4.92 Å². The van der Waals surface area contributed by atoms with Crippen molar-refractivity contribution in [2.45, 2.75) is 19.3 Å². The van der Waals surface area contributed by atoms with Gasteiger partial charge in [0.05, 0.1) is 4.92 Å². The highest BCUT2D eigenvalue weighted by Crippen LogP contribution is 2.27. The van der Waals surface area contributed by atoms with Crippen molar-refractivity contribution >= 4 is 11.4 Å². The molecule has 1 aliphatic rings. The van der Waals surface area contributed by atoms with Crippen LogP contribution in [0.15, 0.2) is 18.2 Å². The third-order valence-corrected chi connectivity index (χ3v) is 3.50. The van der Waals surface area contributed by atoms with Crippen LogP contribution in [0.5, 0.6) is 0 Å². The molecule has 0 aromatic heterocycles. The second-order valence-corrected chi connectivity index (χ2v) is 4.90. The Balaban J connectivity index is 1.92. The van der Waals surface area contributed by atoms with Crippen LogP contribution in [0, 0.1) is 21.4 Å². The van der Waals surface area contributed by atoms with E-state index in [0.717, 1.165) is 26.1 Å². The summed E-state index contributed by atoms with van der Waals surface area (Å²) in [6.45, 7) is 4.00. The number of hydrogen-bond acceptors (Lipinski definition) is 5. The molecule has 1 fully saturated rings. The fraction of sp³-hybridized carbons (Fsp3) is 0.500. The van der Waals surface area contributed by atoms with Gasteiger partial charge in [0, 0.05) is 6.54 Å². The molecule has 2 rings (SSSR count). The minimum Gasteiger partial charge on any atom is -0.379 e. The maximum Gasteiger partial charge on any atom is 0.309 e. The lowest BCUT2D eigenvalue weighted by Gasteiger charge is -2.14. The van der Waals surface area contributed by atoms with Crippen molar-refractivity contribution in [3.63, 3.8) is 0 Å². The smallest absolute Gasteiger partial charge is 0.309 e. The molecule has 6 nitrogen and oxygen atoms in total. The van der Waals surface area contributed by atoms with Gasteiger partial charge in [-0.3, -0.25) is 10.1 Å². The normalized spacial score (nSPS) is 14.9. The third-order valence-electron chi connectivity index (χ3n) is 3.50. The molecule has 1 aliphatic heterocycles. The lowest BCUT2D eigenvalue weighted by atomic mass is 10.1. The molecule has 20 heavy (non-hydrogen) atoms. The molecule has 1 N–H and O–H groups in total. The molecule has 6 heteroatoms. The van der Waals surface area contributed by atoms with Crippen molar-refractivity contribution in [3.8, 4) is 6.07 Å². The number of nitrogens with one attached hydrogen (secondary N) is 1. The average molecular weight is 274 g/mol. The maximum absolute atomic E-state index is 11.0. The summed E-state index contributed by atoms with van der Waals surface area (Å²) < 4.78 is 0. The molecule has 0 spiro atoms. The Kier molecular flexibility index (Phi) is 4.91. The lowest BCUT2D eigenvalue weighted by molar-refractivity contribution is -0.384. The zero-order valence-corrected chi connectivity index (χ0v) is 11.3. The first-order valence-corrected chi connectivity index (χ1v) is 6.86. The number of anilines is 1. The van der Waals surface area contributed by atoms with E-state index in [2.05, 4.69) is 10.2 Å². The molecule has 1 aromatic rings. The second kappa shape index (κ2) is 6.87. The molecule has 1 saturated heterocycles. The summed E-state index contributed by atoms with van der Waals surface area (Å²) in [6, 6.07) is 6.64. The van der Waals surface area contributed by atoms with Crippen LogP contribution in [0.4, 0.5) is 11.4 Å². The summed E-state index contributed by atoms with van der Waals surface area (Å²) in [5.41, 5.74) is 0.395. The molecule has 1 heterocycles. The molecule has 0 atom stereocenters. The fourth-order valence-electron chi connectivity index (χ4n) is 2.51. The van der Waals surface area contributed by atoms with E-state index in [4.69, 9.17) is 5.26 Å². The van der Waals surface area contributed by atoms with Gasteiger partial charge < -0.3 is 10.2 Å². The van der Waals surface area contributed by atoms with Crippen LogP contribution < -0.4 is 5.32 Å². The molecule has 0 aliphatic carbocycles. The highest BCUT2D eigenvalue weighted by molar-refractivity contribution is 5.68. The highest BCUT2D eigenvalue weighted by atomic mass is 16.6. The van der Waals surface area contributed by atoms with Crippen LogP contribution in [-0.2, 0) is 0 Å². The van der Waals surface area contributed by atoms with Crippen LogP contribution in [0.3, 0.4) is 0 Å². The molecule has 0 bridgehead atoms. The number of para-hydroxylation sites is 1. The van der Waals surface area contributed by atoms with E-state index in [-0.39, 0.29) is 11.3 Å². The highest BCUT2D eigenvalue weighted by Gasteiger charge is 2.19. The largest absolute Gasteiger partial charge is 0.379 e. The first-order chi connectivity index (χ1) is 9.72. The Hall–Kier alpha value is -2.13. The zero-order chi connectivity index (χ0) is 14.4. The van der Waals surface area contributed by atoms with Gasteiger partial charge in [0.2, 0.25) is 0 Å². The van der Waals surface area contributed by atoms with E-state index in [9.17, 15) is 10.1 Å². The topological polar surface area (TPSA) is 82.2 Å². The van der Waals surface area contributed by atoms with E-state index in [1.54, 1.807) is 12.1 Å². The molecule has 1 aromatic carbocycles. The predicted octanol–water partition coefficient (Wildman–Crippen LogP) is 2.36. The Labute approximate surface area is 118 Å². The van der Waals surface area contributed by atoms with Gasteiger partial charge in [-0.2, -0.15) is 5.26 Å². The van der Waals surface area contributed by atoms with Gasteiger partial charge >= 0.3 is 5.69 Å². The molecule has 0 radical (unpaired) electrons. The Morgan fingerprint density at radius 3 is 2.80 bits per heavy atom. The SMILES string of the molecule is N#Cc1cccc(NCCCN2CCCC2)c1[N+](=O)[O-]. The summed E-state index contributed by atoms with van der Waals surface area (Å²) in [5.74, 6) is 0. The van der Waals surface area contributed by atoms with Crippen molar-refractivity contribution in [3.05, 3.63) is 33.9 Å². The summed E-state index contributed by atoms with van der Waals surface area (Å²) in [6.07, 6.45) is 3.47. The molecule has 106 valence electrons. The quantitative estimate of drug-likeness (QED) is 0.489. The standard InChI is InChI=1S/C14H18N4O2/c15-11-12-5-3-6-13(14(12)18(19)20)16-7-4-10-17-8-1-2-9-17/h3,5-6,16H,1-2,4,7-10H2. The van der Waals surface area contributed by atoms with E-state index in [1.807, 2.05) is 6.07 Å². The van der Waals surface area contributed by atoms with Gasteiger partial charge in [0.25, 0.3) is 0 Å². The summed E-state index contributed by atoms with van der Waals surface area (Å²) in [7, 11) is 0. The van der Waals surface area contributed by atoms with Gasteiger partial charge in [-0.15, -0.1) is 0 Å². The molecule has 0 amide bonds. The van der Waals surface area contributed by atoms with Gasteiger partial charge in [-0.05, 0) is 51.0 Å². The lowest BCUT2D eigenvalue weighted by Crippen LogP contribution is -2.22. The van der Waals surface area contributed by atoms with E-state index in [0.29, 0.717) is 12.2 Å². The molecular formula is C14H18N4O2. The number of benzene rings is 1. The van der Waals surface area contributed by atoms with Gasteiger partial charge in [-0.1, -0.05) is 6.07 Å². The van der Waals surface area contributed by atoms with Gasteiger partial charge in [0.15, 0.2) is 0 Å². The molecular weight excluding hydrogens is 256 g/mol. The Morgan fingerprint density at radius 2 is 2.15 bits per heavy atom. The fourth-order valence-corrected chi connectivity index (χ4v) is 2.51. The van der Waals surface area contributed by atoms with Crippen LogP contribution >= 0.6 is 0 Å². The summed E-state index contributed by atoms with van der Waals surface area (Å²) in [4.78, 5) is 13.0. The number of likely N-dealkylation sites (tertiary alicyclic amines) is 1. The molecule has 0 unspecified atom stereocenters. The van der Waals surface area contributed by atoms with E-state index >= 15 is 0 Å². The number of hydrogen-bond donors (Lipinski definition) is 1. The van der Waals surface area contributed by atoms with Crippen LogP contribution in [0.2, 0.25) is 0 Å². The van der Waals surface area contributed by atoms with Crippen molar-refractivity contribution in [2.24, 2.45) is 0 Å². The van der Waals surface area contributed by atoms with E-state index in [1.165, 1.54) is 18.9 Å². The average Bonchev–Trinajstić information content (AvgIpc) is 2.96. The van der Waals surface area contributed by atoms with Gasteiger partial charge in [-0.25, -0.2) is 0 Å². The van der Waals surface area contributed by atoms with Crippen molar-refractivity contribution in [1.82, 2.24) is 4.90 Å². The predicted molar refractivity (Wildman–Crippen MR) is 76.6 cm³/mol. The maximum atomic E-state index is 11.0. The summed E-state index contributed by atoms with van der Waals surface area (Å²) in [5, 5.41) is 23.0. The third kappa shape index (κ3) is 3.45. The molecule has 0 saturated carbocycles. The number of rotatable bonds is 6. The first-order valence-electron chi connectivity index (χ1n) is 6.86. The van der Waals surface area contributed by atoms with Crippen LogP contribution in [0.25, 0.3) is 0 Å². The number of nitro groups is 1.